The molecule has 0 heterocycles. The van der Waals surface area contributed by atoms with Gasteiger partial charge in [0, 0.05) is 7.05 Å². The number of nitrogens with zero attached hydrogens (tertiary/aromatic N) is 1. The van der Waals surface area contributed by atoms with Gasteiger partial charge in [-0.3, -0.25) is 4.90 Å². The topological polar surface area (TPSA) is 55.8 Å². The third kappa shape index (κ3) is 16.2. The van der Waals surface area contributed by atoms with Crippen molar-refractivity contribution in [2.45, 2.75) is 117 Å². The van der Waals surface area contributed by atoms with Gasteiger partial charge in [0.15, 0.2) is 0 Å². The van der Waals surface area contributed by atoms with Crippen molar-refractivity contribution < 1.29 is 19.1 Å². The van der Waals surface area contributed by atoms with Crippen molar-refractivity contribution in [3.05, 3.63) is 0 Å². The first-order valence-electron chi connectivity index (χ1n) is 12.0. The lowest BCUT2D eigenvalue weighted by Gasteiger charge is -2.23. The fraction of sp³-hybridized carbons (Fsp3) is 0.917. The number of carbonyl (C=O) groups excluding carboxylic acids is 2. The summed E-state index contributed by atoms with van der Waals surface area (Å²) in [6.07, 6.45) is 16.3. The van der Waals surface area contributed by atoms with Crippen molar-refractivity contribution in [1.82, 2.24) is 4.90 Å². The molecule has 0 aliphatic heterocycles. The summed E-state index contributed by atoms with van der Waals surface area (Å²) >= 11 is 0. The van der Waals surface area contributed by atoms with E-state index in [1.54, 1.807) is 14.0 Å². The summed E-state index contributed by atoms with van der Waals surface area (Å²) in [6, 6.07) is -0.628. The average molecular weight is 414 g/mol. The van der Waals surface area contributed by atoms with Crippen molar-refractivity contribution >= 4 is 12.1 Å². The lowest BCUT2D eigenvalue weighted by atomic mass is 10.0. The number of likely N-dealkylation sites (N-methyl/N-ethyl adjacent to an activating group) is 1. The van der Waals surface area contributed by atoms with Crippen molar-refractivity contribution in [3.8, 4) is 0 Å². The van der Waals surface area contributed by atoms with Gasteiger partial charge < -0.3 is 9.47 Å². The fourth-order valence-electron chi connectivity index (χ4n) is 3.07. The maximum Gasteiger partial charge on any atom is 0.410 e. The Balaban J connectivity index is 3.55. The molecule has 1 amide bonds. The Morgan fingerprint density at radius 1 is 0.724 bits per heavy atom. The lowest BCUT2D eigenvalue weighted by molar-refractivity contribution is -0.148. The molecular formula is C24H47NO4. The monoisotopic (exact) mass is 413 g/mol. The van der Waals surface area contributed by atoms with Crippen LogP contribution in [0.25, 0.3) is 0 Å². The smallest absolute Gasteiger partial charge is 0.410 e. The molecule has 5 heteroatoms. The van der Waals surface area contributed by atoms with E-state index in [1.807, 2.05) is 13.8 Å². The van der Waals surface area contributed by atoms with Crippen LogP contribution in [0, 0.1) is 5.92 Å². The molecule has 0 rings (SSSR count). The predicted molar refractivity (Wildman–Crippen MR) is 120 cm³/mol. The van der Waals surface area contributed by atoms with Gasteiger partial charge in [-0.15, -0.1) is 0 Å². The molecule has 0 aromatic rings. The minimum atomic E-state index is -0.628. The van der Waals surface area contributed by atoms with E-state index in [-0.39, 0.29) is 11.9 Å². The highest BCUT2D eigenvalue weighted by Crippen LogP contribution is 2.12. The first-order valence-corrected chi connectivity index (χ1v) is 12.0. The van der Waals surface area contributed by atoms with Gasteiger partial charge in [0.2, 0.25) is 0 Å². The molecule has 0 spiro atoms. The number of amides is 1. The van der Waals surface area contributed by atoms with E-state index >= 15 is 0 Å². The Hall–Kier alpha value is -1.26. The van der Waals surface area contributed by atoms with E-state index in [0.717, 1.165) is 12.8 Å². The van der Waals surface area contributed by atoms with E-state index in [9.17, 15) is 9.59 Å². The van der Waals surface area contributed by atoms with Crippen molar-refractivity contribution in [2.24, 2.45) is 5.92 Å². The fourth-order valence-corrected chi connectivity index (χ4v) is 3.07. The van der Waals surface area contributed by atoms with Crippen LogP contribution in [-0.4, -0.2) is 43.3 Å². The summed E-state index contributed by atoms with van der Waals surface area (Å²) in [6.45, 7) is 8.65. The van der Waals surface area contributed by atoms with Crippen molar-refractivity contribution in [2.75, 3.05) is 20.3 Å². The second kappa shape index (κ2) is 18.7. The molecule has 0 fully saturated rings. The highest BCUT2D eigenvalue weighted by Gasteiger charge is 2.24. The molecular weight excluding hydrogens is 366 g/mol. The summed E-state index contributed by atoms with van der Waals surface area (Å²) < 4.78 is 10.5. The summed E-state index contributed by atoms with van der Waals surface area (Å²) in [7, 11) is 1.57. The summed E-state index contributed by atoms with van der Waals surface area (Å²) in [5.74, 6) is -0.0990. The molecule has 0 saturated carbocycles. The van der Waals surface area contributed by atoms with Gasteiger partial charge in [-0.25, -0.2) is 9.59 Å². The molecule has 0 N–H and O–H groups in total. The Bertz CT molecular complexity index is 412. The molecule has 5 nitrogen and oxygen atoms in total. The van der Waals surface area contributed by atoms with Crippen molar-refractivity contribution in [3.63, 3.8) is 0 Å². The molecule has 0 radical (unpaired) electrons. The van der Waals surface area contributed by atoms with Gasteiger partial charge in [0.1, 0.15) is 6.04 Å². The van der Waals surface area contributed by atoms with Crippen molar-refractivity contribution in [1.29, 1.82) is 0 Å². The third-order valence-electron chi connectivity index (χ3n) is 5.24. The molecule has 0 aromatic carbocycles. The highest BCUT2D eigenvalue weighted by molar-refractivity contribution is 5.80. The Morgan fingerprint density at radius 2 is 1.17 bits per heavy atom. The highest BCUT2D eigenvalue weighted by atomic mass is 16.6. The minimum absolute atomic E-state index is 0.269. The molecule has 1 atom stereocenters. The maximum atomic E-state index is 12.1. The quantitative estimate of drug-likeness (QED) is 0.184. The Labute approximate surface area is 179 Å². The van der Waals surface area contributed by atoms with Crippen LogP contribution in [0.3, 0.4) is 0 Å². The van der Waals surface area contributed by atoms with Crippen LogP contribution in [-0.2, 0) is 14.3 Å². The minimum Gasteiger partial charge on any atom is -0.464 e. The molecule has 172 valence electrons. The van der Waals surface area contributed by atoms with Gasteiger partial charge in [-0.1, -0.05) is 97.8 Å². The Morgan fingerprint density at radius 3 is 1.62 bits per heavy atom. The van der Waals surface area contributed by atoms with Crippen LogP contribution in [0.15, 0.2) is 0 Å². The molecule has 29 heavy (non-hydrogen) atoms. The summed E-state index contributed by atoms with van der Waals surface area (Å²) in [4.78, 5) is 25.3. The molecule has 0 aliphatic rings. The maximum absolute atomic E-state index is 12.1. The largest absolute Gasteiger partial charge is 0.464 e. The standard InChI is InChI=1S/C24H47NO4/c1-6-7-8-9-10-11-12-13-14-15-16-17-18-19-28-23(26)22(4)25(5)24(27)29-20-21(2)3/h21-22H,6-20H2,1-5H3. The number of ether oxygens (including phenoxy) is 2. The van der Waals surface area contributed by atoms with Gasteiger partial charge >= 0.3 is 12.1 Å². The normalized spacial score (nSPS) is 12.1. The van der Waals surface area contributed by atoms with E-state index in [0.29, 0.717) is 13.2 Å². The number of esters is 1. The number of hydrogen-bond donors (Lipinski definition) is 0. The van der Waals surface area contributed by atoms with E-state index in [2.05, 4.69) is 6.92 Å². The average Bonchev–Trinajstić information content (AvgIpc) is 2.70. The first-order chi connectivity index (χ1) is 13.9. The van der Waals surface area contributed by atoms with Crippen LogP contribution in [0.1, 0.15) is 111 Å². The molecule has 0 aromatic heterocycles. The molecule has 0 bridgehead atoms. The molecule has 0 saturated heterocycles. The zero-order valence-corrected chi connectivity index (χ0v) is 19.8. The van der Waals surface area contributed by atoms with Gasteiger partial charge in [-0.05, 0) is 19.3 Å². The van der Waals surface area contributed by atoms with Crippen LogP contribution >= 0.6 is 0 Å². The third-order valence-corrected chi connectivity index (χ3v) is 5.24. The number of unbranched alkanes of at least 4 members (excludes halogenated alkanes) is 12. The first kappa shape index (κ1) is 27.7. The summed E-state index contributed by atoms with van der Waals surface area (Å²) in [5.41, 5.74) is 0. The van der Waals surface area contributed by atoms with Gasteiger partial charge in [-0.2, -0.15) is 0 Å². The summed E-state index contributed by atoms with van der Waals surface area (Å²) in [5, 5.41) is 0. The van der Waals surface area contributed by atoms with E-state index in [4.69, 9.17) is 9.47 Å². The van der Waals surface area contributed by atoms with E-state index in [1.165, 1.54) is 75.5 Å². The van der Waals surface area contributed by atoms with Gasteiger partial charge in [0.05, 0.1) is 13.2 Å². The van der Waals surface area contributed by atoms with Crippen LogP contribution < -0.4 is 0 Å². The SMILES string of the molecule is CCCCCCCCCCCCCCCOC(=O)C(C)N(C)C(=O)OCC(C)C. The lowest BCUT2D eigenvalue weighted by Crippen LogP contribution is -2.42. The number of carbonyl (C=O) groups is 2. The van der Waals surface area contributed by atoms with Crippen LogP contribution in [0.5, 0.6) is 0 Å². The van der Waals surface area contributed by atoms with Crippen LogP contribution in [0.2, 0.25) is 0 Å². The molecule has 1 unspecified atom stereocenters. The second-order valence-electron chi connectivity index (χ2n) is 8.67. The number of rotatable bonds is 18. The predicted octanol–water partition coefficient (Wildman–Crippen LogP) is 6.73. The molecule has 0 aliphatic carbocycles. The van der Waals surface area contributed by atoms with Gasteiger partial charge in [0.25, 0.3) is 0 Å². The van der Waals surface area contributed by atoms with Crippen LogP contribution in [0.4, 0.5) is 4.79 Å². The second-order valence-corrected chi connectivity index (χ2v) is 8.67. The number of hydrogen-bond acceptors (Lipinski definition) is 4. The zero-order chi connectivity index (χ0) is 21.9. The van der Waals surface area contributed by atoms with E-state index < -0.39 is 12.1 Å². The zero-order valence-electron chi connectivity index (χ0n) is 19.8. The Kier molecular flexibility index (Phi) is 17.9.